The largest absolute Gasteiger partial charge is 0.320 e. The summed E-state index contributed by atoms with van der Waals surface area (Å²) in [6, 6.07) is 10.4. The number of aromatic nitrogens is 1. The second kappa shape index (κ2) is 5.36. The lowest BCUT2D eigenvalue weighted by Gasteiger charge is -2.09. The summed E-state index contributed by atoms with van der Waals surface area (Å²) in [6.07, 6.45) is 2.14. The van der Waals surface area contributed by atoms with Gasteiger partial charge in [-0.25, -0.2) is 0 Å². The summed E-state index contributed by atoms with van der Waals surface area (Å²) in [5, 5.41) is 4.30. The molecule has 1 aliphatic rings. The molecule has 3 nitrogen and oxygen atoms in total. The van der Waals surface area contributed by atoms with E-state index in [4.69, 9.17) is 4.99 Å². The van der Waals surface area contributed by atoms with Crippen LogP contribution in [0.4, 0.5) is 0 Å². The molecular formula is C14H16N3S2+. The van der Waals surface area contributed by atoms with E-state index in [1.54, 1.807) is 23.1 Å². The lowest BCUT2D eigenvalue weighted by Crippen LogP contribution is -3.06. The normalized spacial score (nSPS) is 23.2. The standard InChI is InChI=1S/C14H15N3S2/c1-16-8-9-18-13(16)15-14-17(2)12(10-19-14)11-6-4-3-5-7-11/h3-10,13H,1-2H3/p+1/b15-14-. The minimum absolute atomic E-state index is 0.244. The lowest BCUT2D eigenvalue weighted by atomic mass is 10.2. The highest BCUT2D eigenvalue weighted by Gasteiger charge is 2.20. The van der Waals surface area contributed by atoms with Crippen LogP contribution in [0.15, 0.2) is 52.3 Å². The van der Waals surface area contributed by atoms with Crippen LogP contribution in [0.25, 0.3) is 11.3 Å². The van der Waals surface area contributed by atoms with Gasteiger partial charge in [0.2, 0.25) is 5.50 Å². The summed E-state index contributed by atoms with van der Waals surface area (Å²) >= 11 is 3.47. The zero-order valence-corrected chi connectivity index (χ0v) is 12.5. The van der Waals surface area contributed by atoms with Crippen molar-refractivity contribution < 1.29 is 4.90 Å². The van der Waals surface area contributed by atoms with E-state index in [1.165, 1.54) is 16.2 Å². The molecule has 0 bridgehead atoms. The van der Waals surface area contributed by atoms with Gasteiger partial charge in [-0.15, -0.1) is 11.3 Å². The van der Waals surface area contributed by atoms with Crippen LogP contribution >= 0.6 is 23.1 Å². The fraction of sp³-hybridized carbons (Fsp3) is 0.214. The first-order valence-corrected chi connectivity index (χ1v) is 7.97. The quantitative estimate of drug-likeness (QED) is 0.893. The predicted octanol–water partition coefficient (Wildman–Crippen LogP) is 1.67. The molecule has 0 amide bonds. The van der Waals surface area contributed by atoms with E-state index in [2.05, 4.69) is 59.9 Å². The highest BCUT2D eigenvalue weighted by atomic mass is 32.2. The highest BCUT2D eigenvalue weighted by Crippen LogP contribution is 2.19. The molecule has 1 aromatic heterocycles. The minimum atomic E-state index is 0.244. The third-order valence-electron chi connectivity index (χ3n) is 3.15. The van der Waals surface area contributed by atoms with Crippen molar-refractivity contribution in [2.75, 3.05) is 7.05 Å². The Bertz CT molecular complexity index is 655. The first-order chi connectivity index (χ1) is 9.25. The van der Waals surface area contributed by atoms with Crippen molar-refractivity contribution in [3.8, 4) is 11.3 Å². The van der Waals surface area contributed by atoms with Crippen LogP contribution < -0.4 is 9.70 Å². The zero-order chi connectivity index (χ0) is 13.2. The highest BCUT2D eigenvalue weighted by molar-refractivity contribution is 8.02. The smallest absolute Gasteiger partial charge is 0.240 e. The van der Waals surface area contributed by atoms with Gasteiger partial charge in [-0.3, -0.25) is 4.90 Å². The molecule has 0 radical (unpaired) electrons. The number of hydrogen-bond donors (Lipinski definition) is 1. The van der Waals surface area contributed by atoms with Gasteiger partial charge < -0.3 is 4.57 Å². The summed E-state index contributed by atoms with van der Waals surface area (Å²) in [4.78, 5) is 7.22. The van der Waals surface area contributed by atoms with E-state index in [0.717, 1.165) is 4.80 Å². The van der Waals surface area contributed by atoms with Gasteiger partial charge in [0, 0.05) is 17.8 Å². The molecule has 0 fully saturated rings. The Morgan fingerprint density at radius 1 is 1.26 bits per heavy atom. The van der Waals surface area contributed by atoms with Crippen molar-refractivity contribution in [3.63, 3.8) is 0 Å². The Labute approximate surface area is 120 Å². The predicted molar refractivity (Wildman–Crippen MR) is 81.7 cm³/mol. The first-order valence-electron chi connectivity index (χ1n) is 6.15. The van der Waals surface area contributed by atoms with Gasteiger partial charge in [0.15, 0.2) is 4.80 Å². The number of benzene rings is 1. The molecule has 19 heavy (non-hydrogen) atoms. The van der Waals surface area contributed by atoms with Crippen LogP contribution in [-0.2, 0) is 7.05 Å². The minimum Gasteiger partial charge on any atom is -0.320 e. The Balaban J connectivity index is 1.98. The third-order valence-corrected chi connectivity index (χ3v) is 5.11. The second-order valence-corrected chi connectivity index (χ2v) is 6.32. The number of thioether (sulfide) groups is 1. The maximum Gasteiger partial charge on any atom is 0.240 e. The van der Waals surface area contributed by atoms with Crippen molar-refractivity contribution in [2.24, 2.45) is 12.0 Å². The third kappa shape index (κ3) is 2.54. The Morgan fingerprint density at radius 2 is 2.05 bits per heavy atom. The van der Waals surface area contributed by atoms with E-state index >= 15 is 0 Å². The monoisotopic (exact) mass is 290 g/mol. The number of quaternary nitrogens is 1. The summed E-state index contributed by atoms with van der Waals surface area (Å²) in [6.45, 7) is 0. The van der Waals surface area contributed by atoms with Gasteiger partial charge in [-0.1, -0.05) is 30.3 Å². The van der Waals surface area contributed by atoms with Crippen molar-refractivity contribution in [2.45, 2.75) is 5.50 Å². The summed E-state index contributed by atoms with van der Waals surface area (Å²) in [5.74, 6) is 0. The number of thiazole rings is 1. The molecule has 5 heteroatoms. The topological polar surface area (TPSA) is 21.7 Å². The number of hydrogen-bond acceptors (Lipinski definition) is 3. The fourth-order valence-electron chi connectivity index (χ4n) is 2.00. The first kappa shape index (κ1) is 12.7. The average molecular weight is 290 g/mol. The molecule has 98 valence electrons. The Morgan fingerprint density at radius 3 is 2.74 bits per heavy atom. The van der Waals surface area contributed by atoms with E-state index in [9.17, 15) is 0 Å². The molecule has 2 atom stereocenters. The molecule has 2 aromatic rings. The molecule has 2 heterocycles. The van der Waals surface area contributed by atoms with Gasteiger partial charge in [0.1, 0.15) is 6.20 Å². The number of nitrogens with zero attached hydrogens (tertiary/aromatic N) is 2. The van der Waals surface area contributed by atoms with E-state index < -0.39 is 0 Å². The van der Waals surface area contributed by atoms with Crippen LogP contribution in [0.5, 0.6) is 0 Å². The zero-order valence-electron chi connectivity index (χ0n) is 10.9. The molecular weight excluding hydrogens is 274 g/mol. The van der Waals surface area contributed by atoms with E-state index in [0.29, 0.717) is 0 Å². The van der Waals surface area contributed by atoms with Gasteiger partial charge in [0.05, 0.1) is 12.7 Å². The van der Waals surface area contributed by atoms with E-state index in [-0.39, 0.29) is 5.50 Å². The molecule has 0 aliphatic carbocycles. The molecule has 0 spiro atoms. The van der Waals surface area contributed by atoms with Crippen LogP contribution in [0.1, 0.15) is 0 Å². The van der Waals surface area contributed by atoms with Crippen LogP contribution in [0.2, 0.25) is 0 Å². The molecule has 1 aromatic carbocycles. The molecule has 0 saturated carbocycles. The fourth-order valence-corrected chi connectivity index (χ4v) is 3.90. The molecule has 0 saturated heterocycles. The maximum atomic E-state index is 4.83. The summed E-state index contributed by atoms with van der Waals surface area (Å²) in [5.41, 5.74) is 2.70. The molecule has 1 N–H and O–H groups in total. The van der Waals surface area contributed by atoms with Gasteiger partial charge in [-0.2, -0.15) is 4.99 Å². The van der Waals surface area contributed by atoms with Crippen LogP contribution in [0, 0.1) is 0 Å². The summed E-state index contributed by atoms with van der Waals surface area (Å²) < 4.78 is 2.17. The van der Waals surface area contributed by atoms with E-state index in [1.807, 2.05) is 6.07 Å². The van der Waals surface area contributed by atoms with Gasteiger partial charge in [-0.05, 0) is 17.3 Å². The van der Waals surface area contributed by atoms with Crippen molar-refractivity contribution in [1.29, 1.82) is 0 Å². The molecule has 1 aliphatic heterocycles. The SMILES string of the molecule is Cn1c(-c2ccccc2)cs/c1=N\C1SC=C[NH+]1C. The lowest BCUT2D eigenvalue weighted by molar-refractivity contribution is -0.832. The molecule has 2 unspecified atom stereocenters. The Kier molecular flexibility index (Phi) is 3.59. The van der Waals surface area contributed by atoms with Crippen molar-refractivity contribution in [1.82, 2.24) is 4.57 Å². The second-order valence-electron chi connectivity index (χ2n) is 4.49. The maximum absolute atomic E-state index is 4.83. The Hall–Kier alpha value is -1.30. The summed E-state index contributed by atoms with van der Waals surface area (Å²) in [7, 11) is 4.22. The van der Waals surface area contributed by atoms with Crippen LogP contribution in [0.3, 0.4) is 0 Å². The molecule has 3 rings (SSSR count). The van der Waals surface area contributed by atoms with Gasteiger partial charge >= 0.3 is 0 Å². The van der Waals surface area contributed by atoms with Crippen molar-refractivity contribution >= 4 is 23.1 Å². The number of nitrogens with one attached hydrogen (secondary N) is 1. The number of rotatable bonds is 2. The van der Waals surface area contributed by atoms with Crippen LogP contribution in [-0.4, -0.2) is 17.1 Å². The van der Waals surface area contributed by atoms with Crippen molar-refractivity contribution in [3.05, 3.63) is 52.1 Å². The average Bonchev–Trinajstić information content (AvgIpc) is 2.99. The van der Waals surface area contributed by atoms with Gasteiger partial charge in [0.25, 0.3) is 0 Å².